The molecule has 3 aromatic rings. The molecule has 0 saturated carbocycles. The Morgan fingerprint density at radius 3 is 2.57 bits per heavy atom. The average Bonchev–Trinajstić information content (AvgIpc) is 3.21. The van der Waals surface area contributed by atoms with Gasteiger partial charge in [0, 0.05) is 50.3 Å². The molecule has 6 heteroatoms. The molecule has 0 aliphatic carbocycles. The standard InChI is InChI=1S/C22H25N5O/c28-22(25-16-18-5-2-1-3-6-18)26-12-8-20(9-13-26)21-24-11-14-27(21)17-19-7-4-10-23-15-19/h1-7,10-11,14-15,20H,8-9,12-13,16-17H2,(H,25,28). The highest BCUT2D eigenvalue weighted by Crippen LogP contribution is 2.27. The zero-order chi connectivity index (χ0) is 19.2. The van der Waals surface area contributed by atoms with Crippen molar-refractivity contribution in [1.82, 2.24) is 24.8 Å². The summed E-state index contributed by atoms with van der Waals surface area (Å²) in [6, 6.07) is 14.1. The molecule has 0 radical (unpaired) electrons. The lowest BCUT2D eigenvalue weighted by Gasteiger charge is -2.32. The maximum atomic E-state index is 12.5. The minimum atomic E-state index is 0.0148. The first kappa shape index (κ1) is 18.2. The molecule has 28 heavy (non-hydrogen) atoms. The smallest absolute Gasteiger partial charge is 0.317 e. The molecule has 1 fully saturated rings. The number of likely N-dealkylation sites (tertiary alicyclic amines) is 1. The SMILES string of the molecule is O=C(NCc1ccccc1)N1CCC(c2nccn2Cc2cccnc2)CC1. The molecule has 4 rings (SSSR count). The van der Waals surface area contributed by atoms with Crippen molar-refractivity contribution in [3.8, 4) is 0 Å². The topological polar surface area (TPSA) is 63.1 Å². The van der Waals surface area contributed by atoms with E-state index in [4.69, 9.17) is 0 Å². The molecule has 3 heterocycles. The summed E-state index contributed by atoms with van der Waals surface area (Å²) in [4.78, 5) is 23.2. The lowest BCUT2D eigenvalue weighted by Crippen LogP contribution is -2.44. The first-order valence-electron chi connectivity index (χ1n) is 9.76. The number of carbonyl (C=O) groups is 1. The van der Waals surface area contributed by atoms with Crippen molar-refractivity contribution in [3.63, 3.8) is 0 Å². The van der Waals surface area contributed by atoms with Gasteiger partial charge in [0.05, 0.1) is 6.54 Å². The van der Waals surface area contributed by atoms with E-state index in [1.54, 1.807) is 6.20 Å². The van der Waals surface area contributed by atoms with Crippen LogP contribution in [0.25, 0.3) is 0 Å². The van der Waals surface area contributed by atoms with Gasteiger partial charge in [0.2, 0.25) is 0 Å². The quantitative estimate of drug-likeness (QED) is 0.743. The predicted molar refractivity (Wildman–Crippen MR) is 108 cm³/mol. The van der Waals surface area contributed by atoms with Crippen LogP contribution in [0.3, 0.4) is 0 Å². The second-order valence-electron chi connectivity index (χ2n) is 7.18. The molecule has 1 aliphatic heterocycles. The number of amides is 2. The summed E-state index contributed by atoms with van der Waals surface area (Å²) in [5.74, 6) is 1.48. The molecule has 144 valence electrons. The van der Waals surface area contributed by atoms with Crippen LogP contribution in [-0.4, -0.2) is 38.6 Å². The summed E-state index contributed by atoms with van der Waals surface area (Å²) in [7, 11) is 0. The van der Waals surface area contributed by atoms with E-state index >= 15 is 0 Å². The van der Waals surface area contributed by atoms with Crippen LogP contribution in [0, 0.1) is 0 Å². The minimum absolute atomic E-state index is 0.0148. The summed E-state index contributed by atoms with van der Waals surface area (Å²) < 4.78 is 2.20. The van der Waals surface area contributed by atoms with Gasteiger partial charge in [0.15, 0.2) is 0 Å². The van der Waals surface area contributed by atoms with E-state index in [-0.39, 0.29) is 6.03 Å². The van der Waals surface area contributed by atoms with Crippen molar-refractivity contribution >= 4 is 6.03 Å². The molecule has 2 aromatic heterocycles. The largest absolute Gasteiger partial charge is 0.334 e. The highest BCUT2D eigenvalue weighted by molar-refractivity contribution is 5.74. The van der Waals surface area contributed by atoms with Gasteiger partial charge < -0.3 is 14.8 Å². The number of hydrogen-bond acceptors (Lipinski definition) is 3. The molecule has 0 unspecified atom stereocenters. The van der Waals surface area contributed by atoms with E-state index in [1.165, 1.54) is 5.56 Å². The number of nitrogens with one attached hydrogen (secondary N) is 1. The Labute approximate surface area is 165 Å². The summed E-state index contributed by atoms with van der Waals surface area (Å²) in [5.41, 5.74) is 2.28. The van der Waals surface area contributed by atoms with Crippen molar-refractivity contribution in [2.45, 2.75) is 31.8 Å². The van der Waals surface area contributed by atoms with Gasteiger partial charge >= 0.3 is 6.03 Å². The van der Waals surface area contributed by atoms with Gasteiger partial charge in [-0.05, 0) is 30.0 Å². The van der Waals surface area contributed by atoms with Crippen LogP contribution >= 0.6 is 0 Å². The second kappa shape index (κ2) is 8.69. The number of rotatable bonds is 5. The van der Waals surface area contributed by atoms with Gasteiger partial charge in [-0.25, -0.2) is 9.78 Å². The third-order valence-electron chi connectivity index (χ3n) is 5.26. The van der Waals surface area contributed by atoms with Gasteiger partial charge in [0.1, 0.15) is 5.82 Å². The van der Waals surface area contributed by atoms with Crippen molar-refractivity contribution in [1.29, 1.82) is 0 Å². The first-order valence-corrected chi connectivity index (χ1v) is 9.76. The normalized spacial score (nSPS) is 14.8. The van der Waals surface area contributed by atoms with Gasteiger partial charge in [-0.2, -0.15) is 0 Å². The molecule has 1 N–H and O–H groups in total. The zero-order valence-corrected chi connectivity index (χ0v) is 15.9. The molecule has 0 bridgehead atoms. The van der Waals surface area contributed by atoms with Crippen molar-refractivity contribution in [2.24, 2.45) is 0 Å². The molecular formula is C22H25N5O. The number of carbonyl (C=O) groups excluding carboxylic acids is 1. The van der Waals surface area contributed by atoms with Crippen LogP contribution in [0.1, 0.15) is 35.7 Å². The molecular weight excluding hydrogens is 350 g/mol. The third kappa shape index (κ3) is 4.39. The Hall–Kier alpha value is -3.15. The van der Waals surface area contributed by atoms with E-state index in [2.05, 4.69) is 25.9 Å². The number of pyridine rings is 1. The Kier molecular flexibility index (Phi) is 5.66. The number of piperidine rings is 1. The summed E-state index contributed by atoms with van der Waals surface area (Å²) in [6.07, 6.45) is 9.44. The number of imidazole rings is 1. The van der Waals surface area contributed by atoms with Gasteiger partial charge in [-0.3, -0.25) is 4.98 Å². The maximum Gasteiger partial charge on any atom is 0.317 e. The van der Waals surface area contributed by atoms with E-state index < -0.39 is 0 Å². The fourth-order valence-corrected chi connectivity index (χ4v) is 3.73. The minimum Gasteiger partial charge on any atom is -0.334 e. The van der Waals surface area contributed by atoms with E-state index in [0.29, 0.717) is 12.5 Å². The van der Waals surface area contributed by atoms with Crippen LogP contribution in [-0.2, 0) is 13.1 Å². The third-order valence-corrected chi connectivity index (χ3v) is 5.26. The fraction of sp³-hybridized carbons (Fsp3) is 0.318. The maximum absolute atomic E-state index is 12.5. The Balaban J connectivity index is 1.31. The second-order valence-corrected chi connectivity index (χ2v) is 7.18. The highest BCUT2D eigenvalue weighted by atomic mass is 16.2. The molecule has 2 amide bonds. The fourth-order valence-electron chi connectivity index (χ4n) is 3.73. The Bertz CT molecular complexity index is 886. The number of hydrogen-bond donors (Lipinski definition) is 1. The lowest BCUT2D eigenvalue weighted by atomic mass is 9.96. The average molecular weight is 375 g/mol. The molecule has 0 atom stereocenters. The highest BCUT2D eigenvalue weighted by Gasteiger charge is 2.26. The number of nitrogens with zero attached hydrogens (tertiary/aromatic N) is 4. The number of benzene rings is 1. The summed E-state index contributed by atoms with van der Waals surface area (Å²) in [6.45, 7) is 2.85. The van der Waals surface area contributed by atoms with Gasteiger partial charge in [-0.15, -0.1) is 0 Å². The van der Waals surface area contributed by atoms with Crippen LogP contribution in [0.15, 0.2) is 67.3 Å². The number of aromatic nitrogens is 3. The molecule has 1 aromatic carbocycles. The zero-order valence-electron chi connectivity index (χ0n) is 15.9. The molecule has 1 saturated heterocycles. The molecule has 1 aliphatic rings. The van der Waals surface area contributed by atoms with E-state index in [0.717, 1.165) is 43.9 Å². The van der Waals surface area contributed by atoms with Crippen LogP contribution in [0.4, 0.5) is 4.79 Å². The monoisotopic (exact) mass is 375 g/mol. The Morgan fingerprint density at radius 2 is 1.82 bits per heavy atom. The van der Waals surface area contributed by atoms with E-state index in [9.17, 15) is 4.79 Å². The van der Waals surface area contributed by atoms with E-state index in [1.807, 2.05) is 59.9 Å². The van der Waals surface area contributed by atoms with Crippen LogP contribution < -0.4 is 5.32 Å². The molecule has 0 spiro atoms. The van der Waals surface area contributed by atoms with Crippen molar-refractivity contribution in [2.75, 3.05) is 13.1 Å². The van der Waals surface area contributed by atoms with Gasteiger partial charge in [0.25, 0.3) is 0 Å². The van der Waals surface area contributed by atoms with Gasteiger partial charge in [-0.1, -0.05) is 36.4 Å². The first-order chi connectivity index (χ1) is 13.8. The summed E-state index contributed by atoms with van der Waals surface area (Å²) in [5, 5.41) is 3.02. The number of urea groups is 1. The molecule has 6 nitrogen and oxygen atoms in total. The summed E-state index contributed by atoms with van der Waals surface area (Å²) >= 11 is 0. The van der Waals surface area contributed by atoms with Crippen molar-refractivity contribution < 1.29 is 4.79 Å². The van der Waals surface area contributed by atoms with Crippen LogP contribution in [0.2, 0.25) is 0 Å². The predicted octanol–water partition coefficient (Wildman–Crippen LogP) is 3.42. The van der Waals surface area contributed by atoms with Crippen LogP contribution in [0.5, 0.6) is 0 Å². The lowest BCUT2D eigenvalue weighted by molar-refractivity contribution is 0.179. The Morgan fingerprint density at radius 1 is 1.04 bits per heavy atom. The van der Waals surface area contributed by atoms with Crippen molar-refractivity contribution in [3.05, 3.63) is 84.2 Å².